The van der Waals surface area contributed by atoms with Crippen LogP contribution in [0.1, 0.15) is 13.8 Å². The first kappa shape index (κ1) is 8.05. The van der Waals surface area contributed by atoms with Crippen LogP contribution in [0.2, 0.25) is 0 Å². The molecule has 0 aliphatic carbocycles. The highest BCUT2D eigenvalue weighted by Crippen LogP contribution is 2.16. The van der Waals surface area contributed by atoms with Crippen LogP contribution in [0.5, 0.6) is 0 Å². The van der Waals surface area contributed by atoms with Gasteiger partial charge in [-0.05, 0) is 12.0 Å². The van der Waals surface area contributed by atoms with Crippen LogP contribution < -0.4 is 0 Å². The van der Waals surface area contributed by atoms with Crippen LogP contribution in [-0.4, -0.2) is 5.97 Å². The largest absolute Gasteiger partial charge is 0.434 e. The fraction of sp³-hybridized carbons (Fsp3) is 0.444. The van der Waals surface area contributed by atoms with Crippen molar-refractivity contribution >= 4 is 5.97 Å². The third-order valence-electron chi connectivity index (χ3n) is 1.68. The molecule has 0 bridgehead atoms. The highest BCUT2D eigenvalue weighted by Gasteiger charge is 2.20. The maximum atomic E-state index is 11.1. The van der Waals surface area contributed by atoms with Gasteiger partial charge in [0.1, 0.15) is 0 Å². The van der Waals surface area contributed by atoms with E-state index in [9.17, 15) is 4.79 Å². The van der Waals surface area contributed by atoms with Gasteiger partial charge < -0.3 is 4.74 Å². The van der Waals surface area contributed by atoms with E-state index in [4.69, 9.17) is 4.74 Å². The van der Waals surface area contributed by atoms with Gasteiger partial charge in [-0.15, -0.1) is 0 Å². The van der Waals surface area contributed by atoms with E-state index in [2.05, 4.69) is 0 Å². The summed E-state index contributed by atoms with van der Waals surface area (Å²) in [5.41, 5.74) is 0. The summed E-state index contributed by atoms with van der Waals surface area (Å²) < 4.78 is 4.79. The molecule has 2 heteroatoms. The van der Waals surface area contributed by atoms with Gasteiger partial charge in [0.15, 0.2) is 0 Å². The number of carbonyl (C=O) groups is 1. The number of carbonyl (C=O) groups excluding carboxylic acids is 1. The molecule has 1 rings (SSSR count). The Morgan fingerprint density at radius 2 is 2.18 bits per heavy atom. The van der Waals surface area contributed by atoms with Gasteiger partial charge in [0, 0.05) is 0 Å². The maximum absolute atomic E-state index is 11.1. The molecule has 0 saturated heterocycles. The molecular weight excluding hydrogens is 140 g/mol. The van der Waals surface area contributed by atoms with E-state index in [1.54, 1.807) is 6.08 Å². The van der Waals surface area contributed by atoms with E-state index >= 15 is 0 Å². The number of hydrogen-bond acceptors (Lipinski definition) is 2. The quantitative estimate of drug-likeness (QED) is 0.536. The Morgan fingerprint density at radius 1 is 1.45 bits per heavy atom. The molecule has 1 unspecified atom stereocenters. The first-order valence-corrected chi connectivity index (χ1v) is 3.75. The Labute approximate surface area is 66.5 Å². The number of allylic oxidation sites excluding steroid dienone is 2. The van der Waals surface area contributed by atoms with Crippen molar-refractivity contribution in [1.29, 1.82) is 0 Å². The van der Waals surface area contributed by atoms with Crippen molar-refractivity contribution in [3.05, 3.63) is 24.5 Å². The summed E-state index contributed by atoms with van der Waals surface area (Å²) >= 11 is 0. The maximum Gasteiger partial charge on any atom is 0.317 e. The number of rotatable bonds is 1. The molecule has 0 aromatic rings. The Kier molecular flexibility index (Phi) is 2.47. The van der Waals surface area contributed by atoms with E-state index in [0.717, 1.165) is 0 Å². The Bertz CT molecular complexity index is 202. The molecule has 0 saturated carbocycles. The molecule has 1 aliphatic rings. The number of ether oxygens (including phenoxy) is 1. The highest BCUT2D eigenvalue weighted by molar-refractivity contribution is 5.75. The van der Waals surface area contributed by atoms with Gasteiger partial charge in [-0.3, -0.25) is 4.79 Å². The summed E-state index contributed by atoms with van der Waals surface area (Å²) in [4.78, 5) is 11.1. The van der Waals surface area contributed by atoms with E-state index < -0.39 is 0 Å². The van der Waals surface area contributed by atoms with E-state index in [-0.39, 0.29) is 11.9 Å². The van der Waals surface area contributed by atoms with E-state index in [0.29, 0.717) is 5.92 Å². The van der Waals surface area contributed by atoms with Gasteiger partial charge in [0.25, 0.3) is 0 Å². The van der Waals surface area contributed by atoms with Crippen molar-refractivity contribution in [2.45, 2.75) is 13.8 Å². The highest BCUT2D eigenvalue weighted by atomic mass is 16.5. The Morgan fingerprint density at radius 3 is 2.82 bits per heavy atom. The van der Waals surface area contributed by atoms with Crippen molar-refractivity contribution < 1.29 is 9.53 Å². The zero-order chi connectivity index (χ0) is 8.27. The van der Waals surface area contributed by atoms with Crippen LogP contribution in [0.15, 0.2) is 24.5 Å². The normalized spacial score (nSPS) is 23.5. The van der Waals surface area contributed by atoms with Gasteiger partial charge in [0.2, 0.25) is 0 Å². The SMILES string of the molecule is CC(C)C1C=CC=COC1=O. The van der Waals surface area contributed by atoms with E-state index in [1.807, 2.05) is 26.0 Å². The smallest absolute Gasteiger partial charge is 0.317 e. The lowest BCUT2D eigenvalue weighted by atomic mass is 9.96. The molecule has 60 valence electrons. The predicted octanol–water partition coefficient (Wildman–Crippen LogP) is 1.89. The molecule has 0 spiro atoms. The molecule has 1 atom stereocenters. The summed E-state index contributed by atoms with van der Waals surface area (Å²) in [5, 5.41) is 0. The van der Waals surface area contributed by atoms with Crippen LogP contribution in [0, 0.1) is 11.8 Å². The average molecular weight is 152 g/mol. The van der Waals surface area contributed by atoms with Crippen molar-refractivity contribution in [2.75, 3.05) is 0 Å². The van der Waals surface area contributed by atoms with Gasteiger partial charge in [-0.1, -0.05) is 26.0 Å². The zero-order valence-corrected chi connectivity index (χ0v) is 6.78. The molecule has 0 fully saturated rings. The lowest BCUT2D eigenvalue weighted by Gasteiger charge is -2.11. The topological polar surface area (TPSA) is 26.3 Å². The predicted molar refractivity (Wildman–Crippen MR) is 42.7 cm³/mol. The molecule has 11 heavy (non-hydrogen) atoms. The number of cyclic esters (lactones) is 1. The summed E-state index contributed by atoms with van der Waals surface area (Å²) in [5.74, 6) is 0.0497. The molecule has 0 radical (unpaired) electrons. The summed E-state index contributed by atoms with van der Waals surface area (Å²) in [7, 11) is 0. The fourth-order valence-corrected chi connectivity index (χ4v) is 0.987. The first-order chi connectivity index (χ1) is 5.22. The molecule has 0 amide bonds. The van der Waals surface area contributed by atoms with Crippen LogP contribution in [0.3, 0.4) is 0 Å². The molecule has 0 aromatic heterocycles. The van der Waals surface area contributed by atoms with Crippen molar-refractivity contribution in [1.82, 2.24) is 0 Å². The minimum atomic E-state index is -0.162. The van der Waals surface area contributed by atoms with Crippen LogP contribution in [0.4, 0.5) is 0 Å². The Balaban J connectivity index is 2.72. The summed E-state index contributed by atoms with van der Waals surface area (Å²) in [6, 6.07) is 0. The second-order valence-corrected chi connectivity index (χ2v) is 2.92. The molecule has 1 heterocycles. The zero-order valence-electron chi connectivity index (χ0n) is 6.78. The van der Waals surface area contributed by atoms with Gasteiger partial charge in [0.05, 0.1) is 12.2 Å². The molecular formula is C9H12O2. The minimum Gasteiger partial charge on any atom is -0.434 e. The second-order valence-electron chi connectivity index (χ2n) is 2.92. The van der Waals surface area contributed by atoms with Gasteiger partial charge in [-0.25, -0.2) is 0 Å². The minimum absolute atomic E-state index is 0.0926. The van der Waals surface area contributed by atoms with E-state index in [1.165, 1.54) is 6.26 Å². The molecule has 0 aromatic carbocycles. The van der Waals surface area contributed by atoms with Crippen molar-refractivity contribution in [3.8, 4) is 0 Å². The molecule has 2 nitrogen and oxygen atoms in total. The van der Waals surface area contributed by atoms with Crippen molar-refractivity contribution in [2.24, 2.45) is 11.8 Å². The second kappa shape index (κ2) is 3.37. The molecule has 0 N–H and O–H groups in total. The summed E-state index contributed by atoms with van der Waals surface area (Å²) in [6.45, 7) is 4.00. The van der Waals surface area contributed by atoms with Crippen LogP contribution in [-0.2, 0) is 9.53 Å². The lowest BCUT2D eigenvalue weighted by Crippen LogP contribution is -2.18. The van der Waals surface area contributed by atoms with Crippen LogP contribution >= 0.6 is 0 Å². The fourth-order valence-electron chi connectivity index (χ4n) is 0.987. The lowest BCUT2D eigenvalue weighted by molar-refractivity contribution is -0.142. The summed E-state index contributed by atoms with van der Waals surface area (Å²) in [6.07, 6.45) is 6.85. The van der Waals surface area contributed by atoms with Crippen LogP contribution in [0.25, 0.3) is 0 Å². The molecule has 1 aliphatic heterocycles. The number of hydrogen-bond donors (Lipinski definition) is 0. The number of esters is 1. The third kappa shape index (κ3) is 1.93. The van der Waals surface area contributed by atoms with Gasteiger partial charge in [-0.2, -0.15) is 0 Å². The Hall–Kier alpha value is -1.05. The monoisotopic (exact) mass is 152 g/mol. The average Bonchev–Trinajstić information content (AvgIpc) is 2.13. The van der Waals surface area contributed by atoms with Gasteiger partial charge >= 0.3 is 5.97 Å². The standard InChI is InChI=1S/C9H12O2/c1-7(2)8-5-3-4-6-11-9(8)10/h3-8H,1-2H3. The van der Waals surface area contributed by atoms with Crippen molar-refractivity contribution in [3.63, 3.8) is 0 Å². The first-order valence-electron chi connectivity index (χ1n) is 3.75. The third-order valence-corrected chi connectivity index (χ3v) is 1.68.